The summed E-state index contributed by atoms with van der Waals surface area (Å²) in [6, 6.07) is 14.7. The lowest BCUT2D eigenvalue weighted by Gasteiger charge is -2.23. The van der Waals surface area contributed by atoms with Crippen LogP contribution < -0.4 is 4.74 Å². The second-order valence-corrected chi connectivity index (χ2v) is 8.03. The first kappa shape index (κ1) is 22.1. The molecule has 0 aliphatic heterocycles. The highest BCUT2D eigenvalue weighted by atomic mass is 16.6. The second kappa shape index (κ2) is 11.0. The lowest BCUT2D eigenvalue weighted by molar-refractivity contribution is -0.139. The molecule has 0 unspecified atom stereocenters. The van der Waals surface area contributed by atoms with Gasteiger partial charge in [-0.25, -0.2) is 4.79 Å². The molecule has 160 valence electrons. The number of hydrogen-bond acceptors (Lipinski definition) is 4. The summed E-state index contributed by atoms with van der Waals surface area (Å²) in [4.78, 5) is 11.6. The summed E-state index contributed by atoms with van der Waals surface area (Å²) in [5.41, 5.74) is 4.91. The van der Waals surface area contributed by atoms with Gasteiger partial charge in [0.15, 0.2) is 0 Å². The smallest absolute Gasteiger partial charge is 0.333 e. The molecular formula is C26H32O4. The van der Waals surface area contributed by atoms with Gasteiger partial charge in [-0.1, -0.05) is 62.2 Å². The molecule has 0 radical (unpaired) electrons. The topological polar surface area (TPSA) is 55.8 Å². The molecule has 0 amide bonds. The number of aliphatic hydroxyl groups excluding tert-OH is 1. The molecule has 0 heterocycles. The van der Waals surface area contributed by atoms with Crippen molar-refractivity contribution in [2.45, 2.75) is 51.4 Å². The predicted octanol–water partition coefficient (Wildman–Crippen LogP) is 5.43. The Labute approximate surface area is 179 Å². The van der Waals surface area contributed by atoms with Crippen molar-refractivity contribution in [2.24, 2.45) is 0 Å². The fraction of sp³-hybridized carbons (Fsp3) is 0.423. The first-order valence-corrected chi connectivity index (χ1v) is 10.9. The van der Waals surface area contributed by atoms with Crippen molar-refractivity contribution >= 4 is 5.97 Å². The van der Waals surface area contributed by atoms with Gasteiger partial charge >= 0.3 is 5.97 Å². The summed E-state index contributed by atoms with van der Waals surface area (Å²) in [5, 5.41) is 9.14. The molecular weight excluding hydrogens is 376 g/mol. The SMILES string of the molecule is C=C(C)C(=O)OCCOc1cc(C2CCCCC2)ccc1-c1ccc(CCO)cc1. The van der Waals surface area contributed by atoms with Crippen LogP contribution in [0.2, 0.25) is 0 Å². The van der Waals surface area contributed by atoms with Crippen molar-refractivity contribution < 1.29 is 19.4 Å². The maximum atomic E-state index is 11.6. The van der Waals surface area contributed by atoms with Crippen molar-refractivity contribution in [3.63, 3.8) is 0 Å². The summed E-state index contributed by atoms with van der Waals surface area (Å²) in [5.74, 6) is 1.01. The molecule has 2 aromatic rings. The lowest BCUT2D eigenvalue weighted by atomic mass is 9.83. The van der Waals surface area contributed by atoms with E-state index in [2.05, 4.69) is 36.9 Å². The summed E-state index contributed by atoms with van der Waals surface area (Å²) in [7, 11) is 0. The van der Waals surface area contributed by atoms with Gasteiger partial charge in [-0.15, -0.1) is 0 Å². The average molecular weight is 409 g/mol. The molecule has 30 heavy (non-hydrogen) atoms. The maximum absolute atomic E-state index is 11.6. The molecule has 1 aliphatic carbocycles. The summed E-state index contributed by atoms with van der Waals surface area (Å²) in [6.07, 6.45) is 7.00. The van der Waals surface area contributed by atoms with Gasteiger partial charge in [-0.3, -0.25) is 0 Å². The van der Waals surface area contributed by atoms with Crippen molar-refractivity contribution in [1.82, 2.24) is 0 Å². The van der Waals surface area contributed by atoms with Crippen LogP contribution in [0.3, 0.4) is 0 Å². The summed E-state index contributed by atoms with van der Waals surface area (Å²) in [6.45, 7) is 5.86. The van der Waals surface area contributed by atoms with E-state index in [1.807, 2.05) is 12.1 Å². The van der Waals surface area contributed by atoms with Crippen LogP contribution in [0.1, 0.15) is 56.1 Å². The number of hydrogen-bond donors (Lipinski definition) is 1. The maximum Gasteiger partial charge on any atom is 0.333 e. The molecule has 0 bridgehead atoms. The molecule has 1 fully saturated rings. The highest BCUT2D eigenvalue weighted by Crippen LogP contribution is 2.38. The van der Waals surface area contributed by atoms with E-state index in [-0.39, 0.29) is 13.2 Å². The lowest BCUT2D eigenvalue weighted by Crippen LogP contribution is -2.13. The highest BCUT2D eigenvalue weighted by molar-refractivity contribution is 5.86. The van der Waals surface area contributed by atoms with Crippen LogP contribution in [0.5, 0.6) is 5.75 Å². The minimum Gasteiger partial charge on any atom is -0.489 e. The Balaban J connectivity index is 1.79. The Morgan fingerprint density at radius 1 is 1.07 bits per heavy atom. The Bertz CT molecular complexity index is 848. The number of carbonyl (C=O) groups excluding carboxylic acids is 1. The van der Waals surface area contributed by atoms with Crippen molar-refractivity contribution in [3.8, 4) is 16.9 Å². The quantitative estimate of drug-likeness (QED) is 0.341. The minimum absolute atomic E-state index is 0.146. The zero-order chi connectivity index (χ0) is 21.3. The monoisotopic (exact) mass is 408 g/mol. The number of carbonyl (C=O) groups is 1. The molecule has 0 spiro atoms. The first-order valence-electron chi connectivity index (χ1n) is 10.9. The molecule has 3 rings (SSSR count). The van der Waals surface area contributed by atoms with Gasteiger partial charge in [-0.2, -0.15) is 0 Å². The first-order chi connectivity index (χ1) is 14.6. The van der Waals surface area contributed by atoms with Gasteiger partial charge < -0.3 is 14.6 Å². The van der Waals surface area contributed by atoms with E-state index < -0.39 is 5.97 Å². The Hall–Kier alpha value is -2.59. The zero-order valence-corrected chi connectivity index (χ0v) is 17.9. The van der Waals surface area contributed by atoms with E-state index in [1.54, 1.807) is 6.92 Å². The van der Waals surface area contributed by atoms with E-state index in [0.29, 0.717) is 24.5 Å². The van der Waals surface area contributed by atoms with Crippen LogP contribution in [-0.2, 0) is 16.0 Å². The van der Waals surface area contributed by atoms with Crippen LogP contribution in [0.25, 0.3) is 11.1 Å². The van der Waals surface area contributed by atoms with Crippen LogP contribution in [0.15, 0.2) is 54.6 Å². The third-order valence-electron chi connectivity index (χ3n) is 5.67. The van der Waals surface area contributed by atoms with Gasteiger partial charge in [0, 0.05) is 17.7 Å². The zero-order valence-electron chi connectivity index (χ0n) is 17.9. The molecule has 1 N–H and O–H groups in total. The van der Waals surface area contributed by atoms with Gasteiger partial charge in [-0.05, 0) is 54.9 Å². The number of aliphatic hydroxyl groups is 1. The molecule has 1 aliphatic rings. The molecule has 4 heteroatoms. The second-order valence-electron chi connectivity index (χ2n) is 8.03. The molecule has 2 aromatic carbocycles. The van der Waals surface area contributed by atoms with Gasteiger partial charge in [0.1, 0.15) is 19.0 Å². The molecule has 0 atom stereocenters. The van der Waals surface area contributed by atoms with Crippen molar-refractivity contribution in [3.05, 3.63) is 65.7 Å². The third-order valence-corrected chi connectivity index (χ3v) is 5.67. The largest absolute Gasteiger partial charge is 0.489 e. The van der Waals surface area contributed by atoms with E-state index in [0.717, 1.165) is 22.4 Å². The standard InChI is InChI=1S/C26H32O4/c1-19(2)26(28)30-17-16-29-25-18-23(21-6-4-3-5-7-21)12-13-24(25)22-10-8-20(9-11-22)14-15-27/h8-13,18,21,27H,1,3-7,14-17H2,2H3. The number of esters is 1. The van der Waals surface area contributed by atoms with Crippen LogP contribution >= 0.6 is 0 Å². The minimum atomic E-state index is -0.394. The summed E-state index contributed by atoms with van der Waals surface area (Å²) >= 11 is 0. The van der Waals surface area contributed by atoms with Crippen molar-refractivity contribution in [1.29, 1.82) is 0 Å². The highest BCUT2D eigenvalue weighted by Gasteiger charge is 2.18. The van der Waals surface area contributed by atoms with Crippen LogP contribution in [0, 0.1) is 0 Å². The predicted molar refractivity (Wildman–Crippen MR) is 120 cm³/mol. The third kappa shape index (κ3) is 5.96. The van der Waals surface area contributed by atoms with Gasteiger partial charge in [0.25, 0.3) is 0 Å². The Kier molecular flexibility index (Phi) is 8.09. The number of ether oxygens (including phenoxy) is 2. The molecule has 4 nitrogen and oxygen atoms in total. The average Bonchev–Trinajstić information content (AvgIpc) is 2.78. The fourth-order valence-electron chi connectivity index (χ4n) is 3.98. The van der Waals surface area contributed by atoms with Crippen LogP contribution in [-0.4, -0.2) is 30.9 Å². The van der Waals surface area contributed by atoms with Crippen LogP contribution in [0.4, 0.5) is 0 Å². The van der Waals surface area contributed by atoms with E-state index in [4.69, 9.17) is 14.6 Å². The van der Waals surface area contributed by atoms with Gasteiger partial charge in [0.05, 0.1) is 0 Å². The molecule has 0 saturated heterocycles. The molecule has 0 aromatic heterocycles. The Morgan fingerprint density at radius 2 is 1.80 bits per heavy atom. The van der Waals surface area contributed by atoms with Gasteiger partial charge in [0.2, 0.25) is 0 Å². The van der Waals surface area contributed by atoms with E-state index in [1.165, 1.54) is 37.7 Å². The Morgan fingerprint density at radius 3 is 2.47 bits per heavy atom. The fourth-order valence-corrected chi connectivity index (χ4v) is 3.98. The normalized spacial score (nSPS) is 14.3. The number of rotatable bonds is 9. The molecule has 1 saturated carbocycles. The van der Waals surface area contributed by atoms with E-state index >= 15 is 0 Å². The van der Waals surface area contributed by atoms with Crippen molar-refractivity contribution in [2.75, 3.05) is 19.8 Å². The summed E-state index contributed by atoms with van der Waals surface area (Å²) < 4.78 is 11.3. The number of benzene rings is 2. The van der Waals surface area contributed by atoms with E-state index in [9.17, 15) is 4.79 Å².